The number of carboxylic acid groups (broad SMARTS) is 2. The number of aliphatic carboxylic acids is 2. The molecule has 0 fully saturated rings. The number of aromatic nitrogens is 2. The quantitative estimate of drug-likeness (QED) is 0.165. The van der Waals surface area contributed by atoms with Crippen molar-refractivity contribution in [1.82, 2.24) is 25.9 Å². The maximum Gasteiger partial charge on any atom is 0.326 e. The van der Waals surface area contributed by atoms with Gasteiger partial charge in [-0.25, -0.2) is 9.78 Å². The second-order valence-corrected chi connectivity index (χ2v) is 7.75. The van der Waals surface area contributed by atoms with Gasteiger partial charge >= 0.3 is 11.9 Å². The summed E-state index contributed by atoms with van der Waals surface area (Å²) in [6.07, 6.45) is 2.17. The molecule has 188 valence electrons. The summed E-state index contributed by atoms with van der Waals surface area (Å²) in [5.74, 6) is -4.75. The fourth-order valence-electron chi connectivity index (χ4n) is 3.13. The summed E-state index contributed by atoms with van der Waals surface area (Å²) in [6, 6.07) is 5.46. The molecule has 2 aromatic rings. The van der Waals surface area contributed by atoms with Gasteiger partial charge in [0.25, 0.3) is 0 Å². The van der Waals surface area contributed by atoms with Gasteiger partial charge in [0.1, 0.15) is 12.1 Å². The fraction of sp³-hybridized carbons (Fsp3) is 0.364. The molecular weight excluding hydrogens is 460 g/mol. The van der Waals surface area contributed by atoms with Crippen LogP contribution in [0.3, 0.4) is 0 Å². The third-order valence-electron chi connectivity index (χ3n) is 4.95. The second-order valence-electron chi connectivity index (χ2n) is 7.75. The van der Waals surface area contributed by atoms with Crippen molar-refractivity contribution in [1.29, 1.82) is 0 Å². The highest BCUT2D eigenvalue weighted by Gasteiger charge is 2.28. The molecule has 0 aliphatic heterocycles. The van der Waals surface area contributed by atoms with Crippen LogP contribution in [-0.2, 0) is 36.8 Å². The van der Waals surface area contributed by atoms with Gasteiger partial charge in [-0.3, -0.25) is 19.2 Å². The smallest absolute Gasteiger partial charge is 0.326 e. The summed E-state index contributed by atoms with van der Waals surface area (Å²) < 4.78 is 0. The summed E-state index contributed by atoms with van der Waals surface area (Å²) >= 11 is 0. The van der Waals surface area contributed by atoms with Crippen LogP contribution in [0.4, 0.5) is 0 Å². The van der Waals surface area contributed by atoms with E-state index in [0.717, 1.165) is 5.56 Å². The van der Waals surface area contributed by atoms with Gasteiger partial charge in [0.15, 0.2) is 0 Å². The molecule has 13 nitrogen and oxygen atoms in total. The number of H-pyrrole nitrogens is 1. The van der Waals surface area contributed by atoms with Gasteiger partial charge in [-0.2, -0.15) is 0 Å². The number of amides is 3. The molecule has 0 radical (unpaired) electrons. The monoisotopic (exact) mass is 488 g/mol. The van der Waals surface area contributed by atoms with Crippen LogP contribution in [-0.4, -0.2) is 74.5 Å². The number of rotatable bonds is 14. The number of hydrogen-bond acceptors (Lipinski definition) is 7. The number of carbonyl (C=O) groups excluding carboxylic acids is 3. The minimum absolute atomic E-state index is 0.101. The number of aromatic amines is 1. The minimum Gasteiger partial charge on any atom is -0.481 e. The molecule has 0 spiro atoms. The number of nitrogens with one attached hydrogen (secondary N) is 4. The first kappa shape index (κ1) is 27.0. The van der Waals surface area contributed by atoms with Gasteiger partial charge in [-0.15, -0.1) is 0 Å². The molecule has 1 heterocycles. The third-order valence-corrected chi connectivity index (χ3v) is 4.95. The molecule has 3 unspecified atom stereocenters. The molecule has 3 amide bonds. The average Bonchev–Trinajstić information content (AvgIpc) is 3.33. The molecule has 1 aromatic heterocycles. The summed E-state index contributed by atoms with van der Waals surface area (Å²) in [7, 11) is 0. The molecule has 8 N–H and O–H groups in total. The second kappa shape index (κ2) is 13.4. The van der Waals surface area contributed by atoms with E-state index in [1.807, 2.05) is 18.2 Å². The number of hydrogen-bond donors (Lipinski definition) is 7. The predicted octanol–water partition coefficient (Wildman–Crippen LogP) is -1.44. The lowest BCUT2D eigenvalue weighted by Crippen LogP contribution is -2.54. The first-order chi connectivity index (χ1) is 16.7. The van der Waals surface area contributed by atoms with Crippen LogP contribution in [0.1, 0.15) is 24.1 Å². The highest BCUT2D eigenvalue weighted by atomic mass is 16.4. The Morgan fingerprint density at radius 3 is 2.29 bits per heavy atom. The Labute approximate surface area is 200 Å². The Bertz CT molecular complexity index is 1010. The van der Waals surface area contributed by atoms with Gasteiger partial charge in [0.05, 0.1) is 18.9 Å². The lowest BCUT2D eigenvalue weighted by Gasteiger charge is -2.21. The van der Waals surface area contributed by atoms with Crippen molar-refractivity contribution in [3.05, 3.63) is 54.1 Å². The molecule has 0 aliphatic carbocycles. The van der Waals surface area contributed by atoms with Gasteiger partial charge in [-0.1, -0.05) is 30.3 Å². The number of carbonyl (C=O) groups is 5. The molecule has 0 bridgehead atoms. The molecule has 0 saturated carbocycles. The molecule has 13 heteroatoms. The largest absolute Gasteiger partial charge is 0.481 e. The van der Waals surface area contributed by atoms with Gasteiger partial charge < -0.3 is 36.9 Å². The van der Waals surface area contributed by atoms with Crippen molar-refractivity contribution in [3.8, 4) is 0 Å². The normalized spacial score (nSPS) is 13.2. The van der Waals surface area contributed by atoms with Crippen LogP contribution in [0.2, 0.25) is 0 Å². The molecule has 1 aromatic carbocycles. The van der Waals surface area contributed by atoms with Crippen LogP contribution in [0.25, 0.3) is 0 Å². The lowest BCUT2D eigenvalue weighted by molar-refractivity contribution is -0.143. The molecule has 35 heavy (non-hydrogen) atoms. The predicted molar refractivity (Wildman–Crippen MR) is 122 cm³/mol. The average molecular weight is 489 g/mol. The van der Waals surface area contributed by atoms with Gasteiger partial charge in [0.2, 0.25) is 17.7 Å². The third kappa shape index (κ3) is 9.63. The Balaban J connectivity index is 1.93. The van der Waals surface area contributed by atoms with E-state index in [0.29, 0.717) is 5.69 Å². The summed E-state index contributed by atoms with van der Waals surface area (Å²) in [5.41, 5.74) is 7.17. The van der Waals surface area contributed by atoms with E-state index in [4.69, 9.17) is 10.8 Å². The maximum atomic E-state index is 12.7. The van der Waals surface area contributed by atoms with Crippen molar-refractivity contribution < 1.29 is 34.2 Å². The van der Waals surface area contributed by atoms with Gasteiger partial charge in [0, 0.05) is 24.7 Å². The minimum atomic E-state index is -1.34. The highest BCUT2D eigenvalue weighted by Crippen LogP contribution is 2.04. The number of nitrogens with zero attached hydrogens (tertiary/aromatic N) is 1. The van der Waals surface area contributed by atoms with Crippen molar-refractivity contribution in [3.63, 3.8) is 0 Å². The van der Waals surface area contributed by atoms with Crippen LogP contribution in [0, 0.1) is 0 Å². The van der Waals surface area contributed by atoms with Crippen LogP contribution in [0.5, 0.6) is 0 Å². The standard InChI is InChI=1S/C22H28N6O7/c23-15(8-13-4-2-1-3-5-13)20(32)25-11-18(29)27-16(6-7-19(30)31)21(33)28-17(22(34)35)9-14-10-24-12-26-14/h1-5,10,12,15-17H,6-9,11,23H2,(H,24,26)(H,25,32)(H,27,29)(H,28,33)(H,30,31)(H,34,35). The van der Waals surface area contributed by atoms with Crippen molar-refractivity contribution >= 4 is 29.7 Å². The van der Waals surface area contributed by atoms with E-state index in [2.05, 4.69) is 25.9 Å². The van der Waals surface area contributed by atoms with Crippen LogP contribution < -0.4 is 21.7 Å². The highest BCUT2D eigenvalue weighted by molar-refractivity contribution is 5.92. The summed E-state index contributed by atoms with van der Waals surface area (Å²) in [6.45, 7) is -0.505. The molecule has 2 rings (SSSR count). The lowest BCUT2D eigenvalue weighted by atomic mass is 10.1. The van der Waals surface area contributed by atoms with E-state index in [1.165, 1.54) is 12.5 Å². The van der Waals surface area contributed by atoms with Crippen LogP contribution in [0.15, 0.2) is 42.9 Å². The number of benzene rings is 1. The van der Waals surface area contributed by atoms with E-state index in [1.54, 1.807) is 12.1 Å². The number of imidazole rings is 1. The first-order valence-electron chi connectivity index (χ1n) is 10.7. The molecule has 0 saturated heterocycles. The zero-order valence-corrected chi connectivity index (χ0v) is 18.8. The SMILES string of the molecule is NC(Cc1ccccc1)C(=O)NCC(=O)NC(CCC(=O)O)C(=O)NC(Cc1cnc[nH]1)C(=O)O. The molecule has 3 atom stereocenters. The Morgan fingerprint density at radius 2 is 1.69 bits per heavy atom. The van der Waals surface area contributed by atoms with Gasteiger partial charge in [-0.05, 0) is 18.4 Å². The van der Waals surface area contributed by atoms with E-state index < -0.39 is 60.8 Å². The van der Waals surface area contributed by atoms with Crippen molar-refractivity contribution in [2.45, 2.75) is 43.8 Å². The number of carboxylic acids is 2. The Morgan fingerprint density at radius 1 is 0.971 bits per heavy atom. The van der Waals surface area contributed by atoms with Crippen LogP contribution >= 0.6 is 0 Å². The Hall–Kier alpha value is -4.26. The van der Waals surface area contributed by atoms with Crippen molar-refractivity contribution in [2.75, 3.05) is 6.54 Å². The van der Waals surface area contributed by atoms with Crippen molar-refractivity contribution in [2.24, 2.45) is 5.73 Å². The van der Waals surface area contributed by atoms with E-state index in [9.17, 15) is 29.1 Å². The first-order valence-corrected chi connectivity index (χ1v) is 10.7. The number of nitrogens with two attached hydrogens (primary N) is 1. The zero-order valence-electron chi connectivity index (χ0n) is 18.8. The zero-order chi connectivity index (χ0) is 25.8. The molecule has 0 aliphatic rings. The topological polar surface area (TPSA) is 217 Å². The van der Waals surface area contributed by atoms with E-state index in [-0.39, 0.29) is 19.3 Å². The fourth-order valence-corrected chi connectivity index (χ4v) is 3.13. The van der Waals surface area contributed by atoms with E-state index >= 15 is 0 Å². The Kier molecular flexibility index (Phi) is 10.4. The molecular formula is C22H28N6O7. The summed E-state index contributed by atoms with van der Waals surface area (Å²) in [4.78, 5) is 66.3. The summed E-state index contributed by atoms with van der Waals surface area (Å²) in [5, 5.41) is 25.4. The maximum absolute atomic E-state index is 12.7.